The highest BCUT2D eigenvalue weighted by molar-refractivity contribution is 5.83. The minimum atomic E-state index is -4.54. The van der Waals surface area contributed by atoms with Gasteiger partial charge in [-0.05, 0) is 57.1 Å². The monoisotopic (exact) mass is 406 g/mol. The molecule has 1 fully saturated rings. The van der Waals surface area contributed by atoms with Crippen LogP contribution in [0.3, 0.4) is 0 Å². The number of halogens is 3. The van der Waals surface area contributed by atoms with E-state index < -0.39 is 17.5 Å². The molecule has 0 saturated carbocycles. The first-order valence-corrected chi connectivity index (χ1v) is 9.30. The van der Waals surface area contributed by atoms with Crippen molar-refractivity contribution in [3.05, 3.63) is 35.5 Å². The van der Waals surface area contributed by atoms with Crippen molar-refractivity contribution >= 4 is 11.5 Å². The van der Waals surface area contributed by atoms with E-state index in [2.05, 4.69) is 32.6 Å². The molecule has 2 aromatic heterocycles. The Balaban J connectivity index is 1.74. The number of piperidine rings is 1. The first kappa shape index (κ1) is 19.4. The second kappa shape index (κ2) is 7.18. The van der Waals surface area contributed by atoms with Gasteiger partial charge in [-0.1, -0.05) is 0 Å². The number of aryl methyl sites for hydroxylation is 1. The van der Waals surface area contributed by atoms with Crippen molar-refractivity contribution in [2.24, 2.45) is 0 Å². The number of hydrogen-bond donors (Lipinski definition) is 2. The third kappa shape index (κ3) is 3.71. The Morgan fingerprint density at radius 1 is 1.24 bits per heavy atom. The fourth-order valence-electron chi connectivity index (χ4n) is 3.82. The van der Waals surface area contributed by atoms with Crippen LogP contribution in [0.5, 0.6) is 5.75 Å². The van der Waals surface area contributed by atoms with Gasteiger partial charge in [0.2, 0.25) is 5.95 Å². The molecule has 4 rings (SSSR count). The molecule has 0 unspecified atom stereocenters. The number of benzene rings is 1. The molecule has 0 radical (unpaired) electrons. The number of rotatable bonds is 3. The average molecular weight is 406 g/mol. The van der Waals surface area contributed by atoms with Gasteiger partial charge in [0, 0.05) is 18.2 Å². The summed E-state index contributed by atoms with van der Waals surface area (Å²) < 4.78 is 40.6. The van der Waals surface area contributed by atoms with Gasteiger partial charge in [-0.3, -0.25) is 0 Å². The fraction of sp³-hybridized carbons (Fsp3) is 0.421. The Hall–Kier alpha value is -2.88. The SMILES string of the molecule is Cc1cc(C(F)(F)F)cc(O)c1-c1nnc(N[C@@H]2CCCN(C)C2)n2nccc12. The molecule has 0 amide bonds. The molecule has 1 saturated heterocycles. The minimum Gasteiger partial charge on any atom is -0.507 e. The van der Waals surface area contributed by atoms with Crippen LogP contribution in [-0.2, 0) is 6.18 Å². The Morgan fingerprint density at radius 2 is 2.03 bits per heavy atom. The standard InChI is InChI=1S/C19H21F3N6O/c1-11-8-12(19(20,21)22)9-15(29)16(11)17-14-5-6-23-28(14)18(26-25-17)24-13-4-3-7-27(2)10-13/h5-6,8-9,13,29H,3-4,7,10H2,1-2H3,(H,24,26)/t13-/m1/s1. The summed E-state index contributed by atoms with van der Waals surface area (Å²) in [7, 11) is 2.06. The lowest BCUT2D eigenvalue weighted by atomic mass is 10.00. The van der Waals surface area contributed by atoms with Gasteiger partial charge in [0.15, 0.2) is 0 Å². The largest absolute Gasteiger partial charge is 0.507 e. The van der Waals surface area contributed by atoms with Crippen molar-refractivity contribution in [2.75, 3.05) is 25.5 Å². The van der Waals surface area contributed by atoms with Gasteiger partial charge in [0.25, 0.3) is 0 Å². The average Bonchev–Trinajstić information content (AvgIpc) is 3.12. The molecule has 1 aliphatic rings. The maximum atomic E-state index is 13.0. The zero-order chi connectivity index (χ0) is 20.8. The fourth-order valence-corrected chi connectivity index (χ4v) is 3.82. The lowest BCUT2D eigenvalue weighted by molar-refractivity contribution is -0.137. The lowest BCUT2D eigenvalue weighted by Gasteiger charge is -2.30. The summed E-state index contributed by atoms with van der Waals surface area (Å²) in [6, 6.07) is 3.59. The summed E-state index contributed by atoms with van der Waals surface area (Å²) in [5.74, 6) is -0.0394. The third-order valence-corrected chi connectivity index (χ3v) is 5.17. The summed E-state index contributed by atoms with van der Waals surface area (Å²) in [5.41, 5.74) is 0.375. The van der Waals surface area contributed by atoms with Crippen LogP contribution in [0.25, 0.3) is 16.8 Å². The van der Waals surface area contributed by atoms with E-state index in [-0.39, 0.29) is 22.9 Å². The van der Waals surface area contributed by atoms with Crippen molar-refractivity contribution in [1.29, 1.82) is 0 Å². The van der Waals surface area contributed by atoms with Crippen LogP contribution in [0, 0.1) is 6.92 Å². The molecule has 7 nitrogen and oxygen atoms in total. The predicted molar refractivity (Wildman–Crippen MR) is 102 cm³/mol. The number of fused-ring (bicyclic) bond motifs is 1. The van der Waals surface area contributed by atoms with Crippen LogP contribution >= 0.6 is 0 Å². The number of likely N-dealkylation sites (N-methyl/N-ethyl adjacent to an activating group) is 1. The number of hydrogen-bond acceptors (Lipinski definition) is 6. The molecule has 0 spiro atoms. The van der Waals surface area contributed by atoms with Crippen LogP contribution in [0.4, 0.5) is 19.1 Å². The van der Waals surface area contributed by atoms with Gasteiger partial charge in [0.05, 0.1) is 17.3 Å². The molecule has 154 valence electrons. The van der Waals surface area contributed by atoms with Crippen LogP contribution in [0.15, 0.2) is 24.4 Å². The highest BCUT2D eigenvalue weighted by atomic mass is 19.4. The molecule has 3 aromatic rings. The lowest BCUT2D eigenvalue weighted by Crippen LogP contribution is -2.40. The number of phenols is 1. The summed E-state index contributed by atoms with van der Waals surface area (Å²) in [5, 5.41) is 26.4. The molecule has 29 heavy (non-hydrogen) atoms. The number of anilines is 1. The summed E-state index contributed by atoms with van der Waals surface area (Å²) in [6.07, 6.45) is -0.911. The second-order valence-corrected chi connectivity index (χ2v) is 7.43. The van der Waals surface area contributed by atoms with E-state index in [1.165, 1.54) is 6.92 Å². The van der Waals surface area contributed by atoms with E-state index in [0.29, 0.717) is 17.5 Å². The molecule has 1 aromatic carbocycles. The van der Waals surface area contributed by atoms with Gasteiger partial charge in [-0.15, -0.1) is 10.2 Å². The first-order valence-electron chi connectivity index (χ1n) is 9.30. The molecule has 1 atom stereocenters. The summed E-state index contributed by atoms with van der Waals surface area (Å²) in [6.45, 7) is 3.42. The Morgan fingerprint density at radius 3 is 2.72 bits per heavy atom. The predicted octanol–water partition coefficient (Wildman–Crippen LogP) is 3.33. The maximum absolute atomic E-state index is 13.0. The number of likely N-dealkylation sites (tertiary alicyclic amines) is 1. The highest BCUT2D eigenvalue weighted by Gasteiger charge is 2.32. The van der Waals surface area contributed by atoms with Crippen LogP contribution < -0.4 is 5.32 Å². The number of aromatic nitrogens is 4. The van der Waals surface area contributed by atoms with Crippen LogP contribution in [0.2, 0.25) is 0 Å². The van der Waals surface area contributed by atoms with Gasteiger partial charge < -0.3 is 15.3 Å². The maximum Gasteiger partial charge on any atom is 0.416 e. The van der Waals surface area contributed by atoms with Gasteiger partial charge >= 0.3 is 6.18 Å². The smallest absolute Gasteiger partial charge is 0.416 e. The molecular formula is C19H21F3N6O. The number of phenolic OH excluding ortho intramolecular Hbond substituents is 1. The van der Waals surface area contributed by atoms with E-state index in [0.717, 1.165) is 32.0 Å². The number of alkyl halides is 3. The molecular weight excluding hydrogens is 385 g/mol. The van der Waals surface area contributed by atoms with Crippen LogP contribution in [0.1, 0.15) is 24.0 Å². The molecule has 1 aliphatic heterocycles. The van der Waals surface area contributed by atoms with E-state index in [1.54, 1.807) is 16.8 Å². The number of nitrogens with zero attached hydrogens (tertiary/aromatic N) is 5. The third-order valence-electron chi connectivity index (χ3n) is 5.17. The van der Waals surface area contributed by atoms with Crippen LogP contribution in [-0.4, -0.2) is 56.0 Å². The van der Waals surface area contributed by atoms with Gasteiger partial charge in [-0.2, -0.15) is 22.8 Å². The van der Waals surface area contributed by atoms with Crippen molar-refractivity contribution in [3.63, 3.8) is 0 Å². The van der Waals surface area contributed by atoms with Crippen molar-refractivity contribution in [1.82, 2.24) is 24.7 Å². The van der Waals surface area contributed by atoms with E-state index in [4.69, 9.17) is 0 Å². The van der Waals surface area contributed by atoms with E-state index >= 15 is 0 Å². The molecule has 0 aliphatic carbocycles. The highest BCUT2D eigenvalue weighted by Crippen LogP contribution is 2.39. The Labute approximate surface area is 165 Å². The molecule has 2 N–H and O–H groups in total. The number of aromatic hydroxyl groups is 1. The van der Waals surface area contributed by atoms with E-state index in [9.17, 15) is 18.3 Å². The van der Waals surface area contributed by atoms with Gasteiger partial charge in [0.1, 0.15) is 11.4 Å². The van der Waals surface area contributed by atoms with Crippen molar-refractivity contribution in [2.45, 2.75) is 32.0 Å². The Kier molecular flexibility index (Phi) is 4.81. The molecule has 3 heterocycles. The normalized spacial score (nSPS) is 18.3. The second-order valence-electron chi connectivity index (χ2n) is 7.43. The first-order chi connectivity index (χ1) is 13.7. The molecule has 0 bridgehead atoms. The molecule has 10 heteroatoms. The summed E-state index contributed by atoms with van der Waals surface area (Å²) >= 11 is 0. The zero-order valence-corrected chi connectivity index (χ0v) is 16.0. The topological polar surface area (TPSA) is 78.6 Å². The Bertz CT molecular complexity index is 1030. The zero-order valence-electron chi connectivity index (χ0n) is 16.0. The number of nitrogens with one attached hydrogen (secondary N) is 1. The van der Waals surface area contributed by atoms with E-state index in [1.807, 2.05) is 0 Å². The van der Waals surface area contributed by atoms with Gasteiger partial charge in [-0.25, -0.2) is 0 Å². The minimum absolute atomic E-state index is 0.197. The quantitative estimate of drug-likeness (QED) is 0.695. The van der Waals surface area contributed by atoms with Crippen molar-refractivity contribution < 1.29 is 18.3 Å². The summed E-state index contributed by atoms with van der Waals surface area (Å²) in [4.78, 5) is 2.23. The van der Waals surface area contributed by atoms with Crippen molar-refractivity contribution in [3.8, 4) is 17.0 Å².